The van der Waals surface area contributed by atoms with E-state index in [9.17, 15) is 74.4 Å². The number of nitrogens with one attached hydrogen (secondary N) is 5. The molecule has 0 spiro atoms. The van der Waals surface area contributed by atoms with E-state index in [2.05, 4.69) is 57.8 Å². The number of carbonyl (C=O) groups is 7. The van der Waals surface area contributed by atoms with Crippen molar-refractivity contribution in [2.45, 2.75) is 203 Å². The summed E-state index contributed by atoms with van der Waals surface area (Å²) in [5.74, 6) is -8.35. The molecule has 3 fully saturated rings. The van der Waals surface area contributed by atoms with Crippen LogP contribution in [0, 0.1) is 5.92 Å². The average molecular weight is 1040 g/mol. The Labute approximate surface area is 433 Å². The molecule has 1 aromatic rings. The van der Waals surface area contributed by atoms with Crippen molar-refractivity contribution in [1.29, 1.82) is 0 Å². The molecular weight excluding hydrogens is 963 g/mol. The van der Waals surface area contributed by atoms with Crippen LogP contribution in [-0.2, 0) is 40.0 Å². The van der Waals surface area contributed by atoms with Gasteiger partial charge in [-0.15, -0.1) is 0 Å². The zero-order chi connectivity index (χ0) is 54.6. The lowest BCUT2D eigenvalue weighted by molar-refractivity contribution is -0.148. The molecule has 0 aromatic heterocycles. The number of carbonyl (C=O) groups excluding carboxylic acids is 7. The summed E-state index contributed by atoms with van der Waals surface area (Å²) in [6, 6.07) is -5.28. The van der Waals surface area contributed by atoms with Gasteiger partial charge in [-0.05, 0) is 70.1 Å². The highest BCUT2D eigenvalue weighted by atomic mass is 16.3. The van der Waals surface area contributed by atoms with Crippen molar-refractivity contribution in [1.82, 2.24) is 36.4 Å². The summed E-state index contributed by atoms with van der Waals surface area (Å²) in [5.41, 5.74) is 0.378. The highest BCUT2D eigenvalue weighted by Gasteiger charge is 2.50. The van der Waals surface area contributed by atoms with Crippen LogP contribution in [0.15, 0.2) is 48.6 Å². The molecule has 0 radical (unpaired) electrons. The fraction of sp³-hybridized carbons (Fsp3) is 0.673. The molecule has 13 N–H and O–H groups in total. The fourth-order valence-corrected chi connectivity index (χ4v) is 9.36. The second kappa shape index (κ2) is 30.2. The number of phenolic OH excluding ortho intramolecular Hbond substituents is 1. The van der Waals surface area contributed by atoms with E-state index in [-0.39, 0.29) is 25.1 Å². The molecule has 3 saturated heterocycles. The molecule has 0 bridgehead atoms. The van der Waals surface area contributed by atoms with Gasteiger partial charge in [-0.1, -0.05) is 82.4 Å². The summed E-state index contributed by atoms with van der Waals surface area (Å²) in [4.78, 5) is 100. The number of aromatic hydroxyl groups is 1. The van der Waals surface area contributed by atoms with Gasteiger partial charge in [0.15, 0.2) is 6.23 Å². The second-order valence-electron chi connectivity index (χ2n) is 20.0. The minimum absolute atomic E-state index is 0.0536. The number of nitrogens with zero attached hydrogens (tertiary/aromatic N) is 2. The van der Waals surface area contributed by atoms with Gasteiger partial charge in [0.05, 0.1) is 30.5 Å². The van der Waals surface area contributed by atoms with E-state index < -0.39 is 146 Å². The van der Waals surface area contributed by atoms with Crippen molar-refractivity contribution < 1.29 is 74.4 Å². The van der Waals surface area contributed by atoms with Crippen molar-refractivity contribution >= 4 is 41.4 Å². The van der Waals surface area contributed by atoms with Crippen LogP contribution in [0.2, 0.25) is 0 Å². The Morgan fingerprint density at radius 1 is 0.689 bits per heavy atom. The van der Waals surface area contributed by atoms with E-state index in [0.29, 0.717) is 18.4 Å². The smallest absolute Gasteiger partial charge is 0.248 e. The van der Waals surface area contributed by atoms with Gasteiger partial charge in [0.25, 0.3) is 0 Å². The van der Waals surface area contributed by atoms with E-state index in [1.54, 1.807) is 0 Å². The monoisotopic (exact) mass is 1040 g/mol. The van der Waals surface area contributed by atoms with Crippen LogP contribution >= 0.6 is 0 Å². The van der Waals surface area contributed by atoms with Gasteiger partial charge in [0.1, 0.15) is 48.1 Å². The predicted octanol–water partition coefficient (Wildman–Crippen LogP) is -0.821. The first-order chi connectivity index (χ1) is 35.1. The summed E-state index contributed by atoms with van der Waals surface area (Å²) >= 11 is 0. The van der Waals surface area contributed by atoms with E-state index in [0.717, 1.165) is 62.2 Å². The number of rotatable bonds is 20. The number of phenols is 1. The Bertz CT molecular complexity index is 2070. The average Bonchev–Trinajstić information content (AvgIpc) is 3.89. The lowest BCUT2D eigenvalue weighted by Crippen LogP contribution is -2.64. The third kappa shape index (κ3) is 18.1. The number of allylic oxidation sites excluding steroid dienone is 4. The number of aliphatic hydroxyl groups excluding tert-OH is 7. The van der Waals surface area contributed by atoms with E-state index in [1.807, 2.05) is 0 Å². The molecule has 3 heterocycles. The van der Waals surface area contributed by atoms with Crippen molar-refractivity contribution in [3.8, 4) is 5.75 Å². The first-order valence-electron chi connectivity index (χ1n) is 26.1. The van der Waals surface area contributed by atoms with Crippen LogP contribution in [0.1, 0.15) is 123 Å². The van der Waals surface area contributed by atoms with Crippen LogP contribution in [0.5, 0.6) is 5.75 Å². The zero-order valence-corrected chi connectivity index (χ0v) is 43.1. The zero-order valence-electron chi connectivity index (χ0n) is 43.1. The van der Waals surface area contributed by atoms with Gasteiger partial charge in [-0.25, -0.2) is 0 Å². The van der Waals surface area contributed by atoms with Gasteiger partial charge in [-0.3, -0.25) is 33.6 Å². The topological polar surface area (TPSA) is 348 Å². The number of fused-ring (bicyclic) bond motifs is 2. The van der Waals surface area contributed by atoms with E-state index >= 15 is 0 Å². The second-order valence-corrected chi connectivity index (χ2v) is 20.0. The summed E-state index contributed by atoms with van der Waals surface area (Å²) in [7, 11) is 0. The van der Waals surface area contributed by atoms with Gasteiger partial charge in [-0.2, -0.15) is 0 Å². The maximum atomic E-state index is 14.3. The first-order valence-corrected chi connectivity index (χ1v) is 26.1. The molecule has 414 valence electrons. The molecular formula is C52H81N7O15. The fourth-order valence-electron chi connectivity index (χ4n) is 9.36. The van der Waals surface area contributed by atoms with Gasteiger partial charge < -0.3 is 77.2 Å². The Morgan fingerprint density at radius 2 is 1.26 bits per heavy atom. The molecule has 7 amide bonds. The number of amides is 7. The molecule has 0 saturated carbocycles. The summed E-state index contributed by atoms with van der Waals surface area (Å²) < 4.78 is 0. The molecule has 4 rings (SSSR count). The SMILES string of the molecule is CCCCCC=CCC=CCCCCCCCC(=O)NC1CC(O)C(O)NC(=O)C2C(O)C(C)CN2C(=O)C(C(C)O)NC(=O)C(C(O)Cc2ccc(O)cc2)NC(=O)C2CC(O)CN2C(=O)C(C(C)O)NC1=O. The molecule has 0 aliphatic carbocycles. The van der Waals surface area contributed by atoms with Crippen molar-refractivity contribution in [2.24, 2.45) is 5.92 Å². The van der Waals surface area contributed by atoms with Gasteiger partial charge in [0.2, 0.25) is 41.4 Å². The number of aliphatic hydroxyl groups is 7. The van der Waals surface area contributed by atoms with Gasteiger partial charge >= 0.3 is 0 Å². The molecule has 3 aliphatic heterocycles. The van der Waals surface area contributed by atoms with E-state index in [4.69, 9.17) is 0 Å². The standard InChI is InChI=1S/C52H81N7O15/c1-5-6-7-8-9-10-11-12-13-14-15-16-17-18-19-20-40(66)53-36-27-39(65)48(70)57-50(72)44-45(67)30(2)28-59(44)52(74)42(32(4)61)55-49(71)43(38(64)25-33-21-23-34(62)24-22-33)56-47(69)37-26-35(63)29-58(37)51(73)41(31(3)60)54-46(36)68/h9-10,12-13,21-24,30-32,35-39,41-45,48,60-65,67,70H,5-8,11,14-20,25-29H2,1-4H3,(H,53,66)(H,54,68)(H,55,71)(H,56,69)(H,57,72). The van der Waals surface area contributed by atoms with Crippen molar-refractivity contribution in [3.63, 3.8) is 0 Å². The Hall–Kier alpha value is -5.49. The molecule has 22 heteroatoms. The maximum absolute atomic E-state index is 14.3. The molecule has 14 atom stereocenters. The molecule has 22 nitrogen and oxygen atoms in total. The third-order valence-corrected chi connectivity index (χ3v) is 13.7. The molecule has 1 aromatic carbocycles. The van der Waals surface area contributed by atoms with Crippen LogP contribution in [0.4, 0.5) is 0 Å². The summed E-state index contributed by atoms with van der Waals surface area (Å²) in [5, 5.41) is 99.5. The number of hydrogen-bond acceptors (Lipinski definition) is 15. The lowest BCUT2D eigenvalue weighted by Gasteiger charge is -2.33. The Kier molecular flexibility index (Phi) is 24.9. The van der Waals surface area contributed by atoms with Crippen LogP contribution in [0.3, 0.4) is 0 Å². The largest absolute Gasteiger partial charge is 0.508 e. The quantitative estimate of drug-likeness (QED) is 0.0561. The minimum Gasteiger partial charge on any atom is -0.508 e. The van der Waals surface area contributed by atoms with Crippen LogP contribution in [-0.4, -0.2) is 184 Å². The Morgan fingerprint density at radius 3 is 1.88 bits per heavy atom. The minimum atomic E-state index is -2.20. The van der Waals surface area contributed by atoms with Crippen molar-refractivity contribution in [3.05, 3.63) is 54.1 Å². The Balaban J connectivity index is 1.60. The number of hydrogen-bond donors (Lipinski definition) is 13. The lowest BCUT2D eigenvalue weighted by atomic mass is 9.99. The highest BCUT2D eigenvalue weighted by molar-refractivity contribution is 5.98. The third-order valence-electron chi connectivity index (χ3n) is 13.7. The van der Waals surface area contributed by atoms with Gasteiger partial charge in [0, 0.05) is 44.7 Å². The predicted molar refractivity (Wildman–Crippen MR) is 270 cm³/mol. The molecule has 14 unspecified atom stereocenters. The summed E-state index contributed by atoms with van der Waals surface area (Å²) in [6.45, 7) is 5.17. The maximum Gasteiger partial charge on any atom is 0.248 e. The van der Waals surface area contributed by atoms with Crippen LogP contribution < -0.4 is 26.6 Å². The first kappa shape index (κ1) is 61.1. The molecule has 74 heavy (non-hydrogen) atoms. The summed E-state index contributed by atoms with van der Waals surface area (Å²) in [6.07, 6.45) is 5.11. The van der Waals surface area contributed by atoms with E-state index in [1.165, 1.54) is 50.5 Å². The number of benzene rings is 1. The van der Waals surface area contributed by atoms with Crippen LogP contribution in [0.25, 0.3) is 0 Å². The van der Waals surface area contributed by atoms with Crippen molar-refractivity contribution in [2.75, 3.05) is 13.1 Å². The number of unbranched alkanes of at least 4 members (excludes halogenated alkanes) is 8. The highest BCUT2D eigenvalue weighted by Crippen LogP contribution is 2.27. The molecule has 3 aliphatic rings. The normalized spacial score (nSPS) is 29.2.